The number of carbonyl (C=O) groups is 2. The molecule has 0 aliphatic rings. The van der Waals surface area contributed by atoms with Crippen molar-refractivity contribution in [2.75, 3.05) is 7.11 Å². The summed E-state index contributed by atoms with van der Waals surface area (Å²) in [6, 6.07) is 25.0. The van der Waals surface area contributed by atoms with Gasteiger partial charge in [-0.1, -0.05) is 66.7 Å². The number of hydrogen-bond donors (Lipinski definition) is 0. The van der Waals surface area contributed by atoms with Gasteiger partial charge >= 0.3 is 5.97 Å². The fraction of sp³-hybridized carbons (Fsp3) is 0.111. The van der Waals surface area contributed by atoms with Crippen LogP contribution in [0.4, 0.5) is 0 Å². The van der Waals surface area contributed by atoms with Crippen molar-refractivity contribution in [1.29, 1.82) is 0 Å². The Labute approximate surface area is 180 Å². The van der Waals surface area contributed by atoms with E-state index in [0.717, 1.165) is 16.3 Å². The standard InChI is InChI=1S/C27H22O4/c1-17(28)23-16-24(31-18(23)2)25(20-10-5-4-6-11-20)26(27(29)30-3)22-14-13-19-9-7-8-12-21(19)15-22/h4-16H,1-3H3/b26-25+. The molecule has 1 aromatic heterocycles. The number of hydrogen-bond acceptors (Lipinski definition) is 4. The van der Waals surface area contributed by atoms with Gasteiger partial charge in [-0.05, 0) is 47.9 Å². The van der Waals surface area contributed by atoms with Crippen molar-refractivity contribution >= 4 is 33.7 Å². The fourth-order valence-electron chi connectivity index (χ4n) is 3.78. The molecular formula is C27H22O4. The van der Waals surface area contributed by atoms with Crippen LogP contribution in [0.3, 0.4) is 0 Å². The van der Waals surface area contributed by atoms with Crippen molar-refractivity contribution in [2.24, 2.45) is 0 Å². The first-order valence-corrected chi connectivity index (χ1v) is 9.98. The molecule has 0 N–H and O–H groups in total. The number of ether oxygens (including phenoxy) is 1. The largest absolute Gasteiger partial charge is 0.465 e. The average molecular weight is 410 g/mol. The predicted octanol–water partition coefficient (Wildman–Crippen LogP) is 6.08. The van der Waals surface area contributed by atoms with Crippen LogP contribution >= 0.6 is 0 Å². The number of esters is 1. The van der Waals surface area contributed by atoms with Gasteiger partial charge in [-0.25, -0.2) is 4.79 Å². The predicted molar refractivity (Wildman–Crippen MR) is 122 cm³/mol. The number of furan rings is 1. The Balaban J connectivity index is 2.07. The number of aryl methyl sites for hydroxylation is 1. The number of rotatable bonds is 5. The van der Waals surface area contributed by atoms with Crippen LogP contribution in [0.5, 0.6) is 0 Å². The molecule has 0 saturated heterocycles. The molecule has 3 aromatic carbocycles. The van der Waals surface area contributed by atoms with Crippen molar-refractivity contribution in [3.63, 3.8) is 0 Å². The molecule has 0 unspecified atom stereocenters. The lowest BCUT2D eigenvalue weighted by atomic mass is 9.91. The smallest absolute Gasteiger partial charge is 0.339 e. The van der Waals surface area contributed by atoms with Crippen LogP contribution in [-0.4, -0.2) is 18.9 Å². The average Bonchev–Trinajstić information content (AvgIpc) is 3.18. The third-order valence-corrected chi connectivity index (χ3v) is 5.28. The second-order valence-corrected chi connectivity index (χ2v) is 7.31. The quantitative estimate of drug-likeness (QED) is 0.173. The van der Waals surface area contributed by atoms with Crippen LogP contribution in [0.15, 0.2) is 83.3 Å². The third-order valence-electron chi connectivity index (χ3n) is 5.28. The summed E-state index contributed by atoms with van der Waals surface area (Å²) in [4.78, 5) is 25.1. The molecule has 0 amide bonds. The van der Waals surface area contributed by atoms with Crippen LogP contribution < -0.4 is 0 Å². The molecule has 0 saturated carbocycles. The maximum absolute atomic E-state index is 13.1. The second kappa shape index (κ2) is 8.44. The van der Waals surface area contributed by atoms with Crippen molar-refractivity contribution in [3.05, 3.63) is 107 Å². The van der Waals surface area contributed by atoms with Gasteiger partial charge in [0.1, 0.15) is 11.5 Å². The van der Waals surface area contributed by atoms with Crippen molar-refractivity contribution in [2.45, 2.75) is 13.8 Å². The maximum atomic E-state index is 13.1. The van der Waals surface area contributed by atoms with E-state index in [1.54, 1.807) is 13.0 Å². The van der Waals surface area contributed by atoms with E-state index in [4.69, 9.17) is 9.15 Å². The minimum atomic E-state index is -0.479. The molecule has 31 heavy (non-hydrogen) atoms. The Morgan fingerprint density at radius 3 is 2.13 bits per heavy atom. The van der Waals surface area contributed by atoms with Gasteiger partial charge in [0.15, 0.2) is 5.78 Å². The summed E-state index contributed by atoms with van der Waals surface area (Å²) < 4.78 is 11.2. The number of Topliss-reactive ketones (excluding diaryl/α,β-unsaturated/α-hetero) is 1. The van der Waals surface area contributed by atoms with Gasteiger partial charge in [0.05, 0.1) is 18.2 Å². The normalized spacial score (nSPS) is 11.8. The van der Waals surface area contributed by atoms with Crippen LogP contribution in [-0.2, 0) is 9.53 Å². The molecule has 0 aliphatic heterocycles. The van der Waals surface area contributed by atoms with E-state index < -0.39 is 5.97 Å². The van der Waals surface area contributed by atoms with E-state index in [0.29, 0.717) is 33.8 Å². The van der Waals surface area contributed by atoms with Gasteiger partial charge in [-0.15, -0.1) is 0 Å². The summed E-state index contributed by atoms with van der Waals surface area (Å²) in [5.74, 6) is 0.388. The zero-order chi connectivity index (χ0) is 22.0. The van der Waals surface area contributed by atoms with Crippen LogP contribution in [0.25, 0.3) is 21.9 Å². The minimum absolute atomic E-state index is 0.0924. The zero-order valence-electron chi connectivity index (χ0n) is 17.6. The van der Waals surface area contributed by atoms with E-state index in [9.17, 15) is 9.59 Å². The van der Waals surface area contributed by atoms with E-state index in [1.165, 1.54) is 14.0 Å². The first-order valence-electron chi connectivity index (χ1n) is 9.98. The minimum Gasteiger partial charge on any atom is -0.465 e. The first kappa shape index (κ1) is 20.4. The molecule has 0 aliphatic carbocycles. The van der Waals surface area contributed by atoms with Crippen molar-refractivity contribution < 1.29 is 18.7 Å². The Morgan fingerprint density at radius 1 is 0.806 bits per heavy atom. The van der Waals surface area contributed by atoms with Gasteiger partial charge < -0.3 is 9.15 Å². The van der Waals surface area contributed by atoms with Gasteiger partial charge in [0.25, 0.3) is 0 Å². The highest BCUT2D eigenvalue weighted by molar-refractivity contribution is 6.27. The first-order chi connectivity index (χ1) is 15.0. The Kier molecular flexibility index (Phi) is 5.54. The van der Waals surface area contributed by atoms with Gasteiger partial charge in [0, 0.05) is 5.57 Å². The molecule has 0 atom stereocenters. The van der Waals surface area contributed by atoms with Gasteiger partial charge in [-0.3, -0.25) is 4.79 Å². The van der Waals surface area contributed by atoms with Crippen LogP contribution in [0.1, 0.15) is 39.9 Å². The lowest BCUT2D eigenvalue weighted by molar-refractivity contribution is -0.133. The topological polar surface area (TPSA) is 56.5 Å². The molecule has 154 valence electrons. The van der Waals surface area contributed by atoms with Crippen LogP contribution in [0.2, 0.25) is 0 Å². The summed E-state index contributed by atoms with van der Waals surface area (Å²) in [6.45, 7) is 3.24. The molecule has 0 radical (unpaired) electrons. The monoisotopic (exact) mass is 410 g/mol. The Morgan fingerprint density at radius 2 is 1.48 bits per heavy atom. The zero-order valence-corrected chi connectivity index (χ0v) is 17.6. The van der Waals surface area contributed by atoms with Crippen molar-refractivity contribution in [3.8, 4) is 0 Å². The number of fused-ring (bicyclic) bond motifs is 1. The molecule has 0 fully saturated rings. The third kappa shape index (κ3) is 3.92. The van der Waals surface area contributed by atoms with Gasteiger partial charge in [0.2, 0.25) is 0 Å². The summed E-state index contributed by atoms with van der Waals surface area (Å²) in [5.41, 5.74) is 2.95. The molecule has 0 bridgehead atoms. The van der Waals surface area contributed by atoms with E-state index >= 15 is 0 Å². The number of carbonyl (C=O) groups excluding carboxylic acids is 2. The molecule has 0 spiro atoms. The molecular weight excluding hydrogens is 388 g/mol. The summed E-state index contributed by atoms with van der Waals surface area (Å²) in [5, 5.41) is 2.08. The van der Waals surface area contributed by atoms with E-state index in [-0.39, 0.29) is 5.78 Å². The molecule has 4 aromatic rings. The number of benzene rings is 3. The lowest BCUT2D eigenvalue weighted by Gasteiger charge is -2.14. The highest BCUT2D eigenvalue weighted by atomic mass is 16.5. The Bertz CT molecular complexity index is 1310. The highest BCUT2D eigenvalue weighted by Gasteiger charge is 2.25. The van der Waals surface area contributed by atoms with Crippen LogP contribution in [0, 0.1) is 6.92 Å². The number of ketones is 1. The summed E-state index contributed by atoms with van der Waals surface area (Å²) in [6.07, 6.45) is 0. The molecule has 4 nitrogen and oxygen atoms in total. The fourth-order valence-corrected chi connectivity index (χ4v) is 3.78. The molecule has 1 heterocycles. The summed E-state index contributed by atoms with van der Waals surface area (Å²) >= 11 is 0. The van der Waals surface area contributed by atoms with Gasteiger partial charge in [-0.2, -0.15) is 0 Å². The molecule has 4 heteroatoms. The molecule has 4 rings (SSSR count). The summed E-state index contributed by atoms with van der Waals surface area (Å²) in [7, 11) is 1.36. The highest BCUT2D eigenvalue weighted by Crippen LogP contribution is 2.36. The van der Waals surface area contributed by atoms with E-state index in [2.05, 4.69) is 0 Å². The SMILES string of the molecule is COC(=O)/C(=C(\c1ccccc1)c1cc(C(C)=O)c(C)o1)c1ccc2ccccc2c1. The Hall–Kier alpha value is -3.92. The van der Waals surface area contributed by atoms with Crippen molar-refractivity contribution in [1.82, 2.24) is 0 Å². The number of methoxy groups -OCH3 is 1. The lowest BCUT2D eigenvalue weighted by Crippen LogP contribution is -2.08. The second-order valence-electron chi connectivity index (χ2n) is 7.31. The maximum Gasteiger partial charge on any atom is 0.339 e. The van der Waals surface area contributed by atoms with E-state index in [1.807, 2.05) is 72.8 Å².